The van der Waals surface area contributed by atoms with Gasteiger partial charge in [0.1, 0.15) is 11.9 Å². The van der Waals surface area contributed by atoms with Crippen molar-refractivity contribution in [1.82, 2.24) is 4.98 Å². The number of hydrogen-bond donors (Lipinski definition) is 2. The van der Waals surface area contributed by atoms with Gasteiger partial charge in [0.15, 0.2) is 0 Å². The molecule has 2 rings (SSSR count). The third-order valence-corrected chi connectivity index (χ3v) is 3.73. The molecule has 1 saturated carbocycles. The Morgan fingerprint density at radius 1 is 1.55 bits per heavy atom. The topological polar surface area (TPSA) is 118 Å². The van der Waals surface area contributed by atoms with E-state index in [1.807, 2.05) is 0 Å². The molecular formula is C13H17N5O2. The summed E-state index contributed by atoms with van der Waals surface area (Å²) >= 11 is 0. The molecule has 0 saturated heterocycles. The molecule has 0 spiro atoms. The van der Waals surface area contributed by atoms with Gasteiger partial charge in [-0.3, -0.25) is 10.1 Å². The van der Waals surface area contributed by atoms with Crippen LogP contribution in [-0.4, -0.2) is 22.5 Å². The first kappa shape index (κ1) is 14.2. The van der Waals surface area contributed by atoms with Gasteiger partial charge in [-0.15, -0.1) is 0 Å². The summed E-state index contributed by atoms with van der Waals surface area (Å²) in [5.41, 5.74) is 5.33. The number of nitro groups is 1. The predicted octanol–water partition coefficient (Wildman–Crippen LogP) is 1.79. The standard InChI is InChI=1S/C13H17N5O2/c14-7-10(9-3-1-2-4-9)16-13-6-5-12(18(19)20)11(8-15)17-13/h5-6,9-10H,1-4,7,14H2,(H,16,17). The van der Waals surface area contributed by atoms with Crippen LogP contribution in [0.1, 0.15) is 31.4 Å². The van der Waals surface area contributed by atoms with Crippen LogP contribution in [0.2, 0.25) is 0 Å². The van der Waals surface area contributed by atoms with Crippen LogP contribution in [0, 0.1) is 27.4 Å². The van der Waals surface area contributed by atoms with E-state index >= 15 is 0 Å². The molecule has 20 heavy (non-hydrogen) atoms. The van der Waals surface area contributed by atoms with Crippen molar-refractivity contribution < 1.29 is 4.92 Å². The van der Waals surface area contributed by atoms with E-state index in [9.17, 15) is 10.1 Å². The molecule has 3 N–H and O–H groups in total. The van der Waals surface area contributed by atoms with Gasteiger partial charge in [0.25, 0.3) is 0 Å². The second-order valence-corrected chi connectivity index (χ2v) is 4.96. The highest BCUT2D eigenvalue weighted by atomic mass is 16.6. The summed E-state index contributed by atoms with van der Waals surface area (Å²) in [5, 5.41) is 22.9. The van der Waals surface area contributed by atoms with Crippen LogP contribution in [0.25, 0.3) is 0 Å². The van der Waals surface area contributed by atoms with Gasteiger partial charge in [-0.05, 0) is 24.8 Å². The zero-order chi connectivity index (χ0) is 14.5. The van der Waals surface area contributed by atoms with Crippen LogP contribution in [0.5, 0.6) is 0 Å². The Morgan fingerprint density at radius 2 is 2.25 bits per heavy atom. The second-order valence-electron chi connectivity index (χ2n) is 4.96. The third kappa shape index (κ3) is 3.03. The molecule has 106 valence electrons. The fourth-order valence-electron chi connectivity index (χ4n) is 2.68. The molecule has 0 amide bonds. The van der Waals surface area contributed by atoms with Crippen molar-refractivity contribution in [2.45, 2.75) is 31.7 Å². The molecule has 1 aliphatic carbocycles. The molecule has 1 heterocycles. The average Bonchev–Trinajstić information content (AvgIpc) is 2.98. The van der Waals surface area contributed by atoms with Gasteiger partial charge in [-0.25, -0.2) is 4.98 Å². The zero-order valence-corrected chi connectivity index (χ0v) is 11.1. The zero-order valence-electron chi connectivity index (χ0n) is 11.1. The molecule has 0 radical (unpaired) electrons. The lowest BCUT2D eigenvalue weighted by Gasteiger charge is -2.23. The van der Waals surface area contributed by atoms with Gasteiger partial charge in [-0.1, -0.05) is 12.8 Å². The smallest absolute Gasteiger partial charge is 0.305 e. The number of aromatic nitrogens is 1. The normalized spacial score (nSPS) is 16.6. The van der Waals surface area contributed by atoms with Crippen LogP contribution < -0.4 is 11.1 Å². The molecule has 7 heteroatoms. The lowest BCUT2D eigenvalue weighted by atomic mass is 9.98. The first-order chi connectivity index (χ1) is 9.65. The molecular weight excluding hydrogens is 258 g/mol. The number of nitrogens with one attached hydrogen (secondary N) is 1. The molecule has 0 aromatic carbocycles. The quantitative estimate of drug-likeness (QED) is 0.624. The summed E-state index contributed by atoms with van der Waals surface area (Å²) < 4.78 is 0. The SMILES string of the molecule is N#Cc1nc(NC(CN)C2CCCC2)ccc1[N+](=O)[O-]. The number of pyridine rings is 1. The Kier molecular flexibility index (Phi) is 4.48. The number of rotatable bonds is 5. The number of anilines is 1. The summed E-state index contributed by atoms with van der Waals surface area (Å²) in [6.07, 6.45) is 4.68. The minimum absolute atomic E-state index is 0.0954. The van der Waals surface area contributed by atoms with E-state index in [-0.39, 0.29) is 17.4 Å². The monoisotopic (exact) mass is 275 g/mol. The summed E-state index contributed by atoms with van der Waals surface area (Å²) in [6.45, 7) is 0.477. The number of hydrogen-bond acceptors (Lipinski definition) is 6. The number of nitrogens with two attached hydrogens (primary N) is 1. The molecule has 1 aliphatic rings. The second kappa shape index (κ2) is 6.30. The van der Waals surface area contributed by atoms with E-state index in [1.54, 1.807) is 6.07 Å². The van der Waals surface area contributed by atoms with Gasteiger partial charge in [0.2, 0.25) is 5.69 Å². The average molecular weight is 275 g/mol. The molecule has 7 nitrogen and oxygen atoms in total. The minimum atomic E-state index is -0.604. The summed E-state index contributed by atoms with van der Waals surface area (Å²) in [7, 11) is 0. The fraction of sp³-hybridized carbons (Fsp3) is 0.538. The van der Waals surface area contributed by atoms with Crippen molar-refractivity contribution in [2.75, 3.05) is 11.9 Å². The molecule has 0 aliphatic heterocycles. The van der Waals surface area contributed by atoms with Gasteiger partial charge in [0.05, 0.1) is 4.92 Å². The summed E-state index contributed by atoms with van der Waals surface area (Å²) in [6, 6.07) is 4.68. The molecule has 1 fully saturated rings. The fourth-order valence-corrected chi connectivity index (χ4v) is 2.68. The first-order valence-corrected chi connectivity index (χ1v) is 6.68. The Labute approximate surface area is 117 Å². The van der Waals surface area contributed by atoms with E-state index in [0.29, 0.717) is 18.3 Å². The molecule has 1 aromatic rings. The van der Waals surface area contributed by atoms with Crippen LogP contribution in [0.4, 0.5) is 11.5 Å². The lowest BCUT2D eigenvalue weighted by molar-refractivity contribution is -0.385. The van der Waals surface area contributed by atoms with Crippen LogP contribution in [-0.2, 0) is 0 Å². The van der Waals surface area contributed by atoms with Crippen molar-refractivity contribution in [3.05, 3.63) is 27.9 Å². The Hall–Kier alpha value is -2.20. The van der Waals surface area contributed by atoms with Crippen LogP contribution >= 0.6 is 0 Å². The summed E-state index contributed by atoms with van der Waals surface area (Å²) in [5.74, 6) is 0.969. The molecule has 1 atom stereocenters. The van der Waals surface area contributed by atoms with Gasteiger partial charge < -0.3 is 11.1 Å². The molecule has 0 bridgehead atoms. The van der Waals surface area contributed by atoms with E-state index in [2.05, 4.69) is 10.3 Å². The van der Waals surface area contributed by atoms with Crippen molar-refractivity contribution in [3.63, 3.8) is 0 Å². The molecule has 1 aromatic heterocycles. The van der Waals surface area contributed by atoms with Gasteiger partial charge in [-0.2, -0.15) is 5.26 Å². The Morgan fingerprint density at radius 3 is 2.80 bits per heavy atom. The maximum absolute atomic E-state index is 10.8. The Bertz CT molecular complexity index is 534. The van der Waals surface area contributed by atoms with Gasteiger partial charge >= 0.3 is 5.69 Å². The van der Waals surface area contributed by atoms with E-state index in [0.717, 1.165) is 12.8 Å². The molecule has 1 unspecified atom stereocenters. The van der Waals surface area contributed by atoms with Crippen molar-refractivity contribution >= 4 is 11.5 Å². The van der Waals surface area contributed by atoms with Gasteiger partial charge in [0, 0.05) is 18.7 Å². The predicted molar refractivity (Wildman–Crippen MR) is 74.0 cm³/mol. The van der Waals surface area contributed by atoms with E-state index in [1.165, 1.54) is 25.0 Å². The van der Waals surface area contributed by atoms with Crippen LogP contribution in [0.15, 0.2) is 12.1 Å². The number of nitriles is 1. The third-order valence-electron chi connectivity index (χ3n) is 3.73. The van der Waals surface area contributed by atoms with Crippen LogP contribution in [0.3, 0.4) is 0 Å². The van der Waals surface area contributed by atoms with Crippen molar-refractivity contribution in [3.8, 4) is 6.07 Å². The highest BCUT2D eigenvalue weighted by molar-refractivity contribution is 5.50. The van der Waals surface area contributed by atoms with Crippen molar-refractivity contribution in [1.29, 1.82) is 5.26 Å². The highest BCUT2D eigenvalue weighted by Crippen LogP contribution is 2.29. The summed E-state index contributed by atoms with van der Waals surface area (Å²) in [4.78, 5) is 14.2. The number of nitrogens with zero attached hydrogens (tertiary/aromatic N) is 3. The Balaban J connectivity index is 2.16. The van der Waals surface area contributed by atoms with Crippen molar-refractivity contribution in [2.24, 2.45) is 11.7 Å². The minimum Gasteiger partial charge on any atom is -0.366 e. The maximum Gasteiger partial charge on any atom is 0.305 e. The highest BCUT2D eigenvalue weighted by Gasteiger charge is 2.25. The largest absolute Gasteiger partial charge is 0.366 e. The maximum atomic E-state index is 10.8. The van der Waals surface area contributed by atoms with E-state index in [4.69, 9.17) is 11.0 Å². The van der Waals surface area contributed by atoms with E-state index < -0.39 is 4.92 Å². The lowest BCUT2D eigenvalue weighted by Crippen LogP contribution is -2.35. The first-order valence-electron chi connectivity index (χ1n) is 6.68.